The Morgan fingerprint density at radius 2 is 1.95 bits per heavy atom. The van der Waals surface area contributed by atoms with Gasteiger partial charge in [-0.05, 0) is 39.3 Å². The number of amidine groups is 1. The molecule has 1 aliphatic carbocycles. The fraction of sp³-hybridized carbons (Fsp3) is 0.556. The van der Waals surface area contributed by atoms with E-state index in [4.69, 9.17) is 4.99 Å². The lowest BCUT2D eigenvalue weighted by Gasteiger charge is -2.33. The Hall–Kier alpha value is -1.68. The van der Waals surface area contributed by atoms with Crippen molar-refractivity contribution in [3.8, 4) is 0 Å². The summed E-state index contributed by atoms with van der Waals surface area (Å²) in [4.78, 5) is 19.4. The van der Waals surface area contributed by atoms with Crippen LogP contribution < -0.4 is 5.32 Å². The second kappa shape index (κ2) is 7.05. The number of likely N-dealkylation sites (tertiary alicyclic amines) is 1. The van der Waals surface area contributed by atoms with Crippen molar-refractivity contribution in [3.63, 3.8) is 0 Å². The molecule has 0 aromatic carbocycles. The molecule has 0 unspecified atom stereocenters. The van der Waals surface area contributed by atoms with E-state index in [1.807, 2.05) is 13.8 Å². The minimum absolute atomic E-state index is 0.0702. The molecule has 1 N–H and O–H groups in total. The van der Waals surface area contributed by atoms with Crippen LogP contribution in [-0.2, 0) is 4.79 Å². The fourth-order valence-corrected chi connectivity index (χ4v) is 2.93. The molecule has 22 heavy (non-hydrogen) atoms. The summed E-state index contributed by atoms with van der Waals surface area (Å²) < 4.78 is 0. The zero-order chi connectivity index (χ0) is 16.2. The normalized spacial score (nSPS) is 23.8. The highest BCUT2D eigenvalue weighted by Gasteiger charge is 2.45. The van der Waals surface area contributed by atoms with Gasteiger partial charge in [-0.3, -0.25) is 9.79 Å². The Morgan fingerprint density at radius 3 is 2.64 bits per heavy atom. The minimum Gasteiger partial charge on any atom is -0.308 e. The summed E-state index contributed by atoms with van der Waals surface area (Å²) in [5, 5.41) is 2.99. The van der Waals surface area contributed by atoms with Gasteiger partial charge in [-0.25, -0.2) is 0 Å². The van der Waals surface area contributed by atoms with Crippen LogP contribution in [0.15, 0.2) is 40.4 Å². The van der Waals surface area contributed by atoms with Gasteiger partial charge in [-0.2, -0.15) is 0 Å². The van der Waals surface area contributed by atoms with Crippen molar-refractivity contribution in [2.75, 3.05) is 20.1 Å². The van der Waals surface area contributed by atoms with Gasteiger partial charge in [0.05, 0.1) is 0 Å². The third-order valence-electron chi connectivity index (χ3n) is 4.32. The minimum atomic E-state index is -0.527. The molecule has 0 radical (unpaired) electrons. The summed E-state index contributed by atoms with van der Waals surface area (Å²) in [5.74, 6) is 0.811. The van der Waals surface area contributed by atoms with E-state index < -0.39 is 5.54 Å². The van der Waals surface area contributed by atoms with Gasteiger partial charge >= 0.3 is 0 Å². The first-order valence-corrected chi connectivity index (χ1v) is 8.24. The number of hydrogen-bond donors (Lipinski definition) is 1. The van der Waals surface area contributed by atoms with Crippen molar-refractivity contribution in [2.45, 2.75) is 45.6 Å². The number of aliphatic imine (C=N–C) groups is 1. The number of carbonyl (C=O) groups excluding carboxylic acids is 1. The first-order valence-electron chi connectivity index (χ1n) is 8.24. The van der Waals surface area contributed by atoms with Crippen molar-refractivity contribution in [3.05, 3.63) is 35.5 Å². The van der Waals surface area contributed by atoms with Crippen LogP contribution in [0, 0.1) is 0 Å². The fourth-order valence-electron chi connectivity index (χ4n) is 2.93. The molecule has 120 valence electrons. The van der Waals surface area contributed by atoms with Gasteiger partial charge in [0, 0.05) is 18.7 Å². The Morgan fingerprint density at radius 1 is 1.27 bits per heavy atom. The maximum atomic E-state index is 12.4. The third kappa shape index (κ3) is 3.38. The molecule has 3 rings (SSSR count). The molecule has 1 amide bonds. The number of piperidine rings is 1. The number of amides is 1. The van der Waals surface area contributed by atoms with Gasteiger partial charge in [0.1, 0.15) is 11.4 Å². The molecule has 1 saturated heterocycles. The predicted octanol–water partition coefficient (Wildman–Crippen LogP) is 2.84. The summed E-state index contributed by atoms with van der Waals surface area (Å²) in [7, 11) is 2.09. The molecule has 4 heteroatoms. The summed E-state index contributed by atoms with van der Waals surface area (Å²) >= 11 is 0. The van der Waals surface area contributed by atoms with Crippen molar-refractivity contribution in [1.82, 2.24) is 10.2 Å². The van der Waals surface area contributed by atoms with Crippen LogP contribution in [0.1, 0.15) is 40.0 Å². The van der Waals surface area contributed by atoms with Crippen LogP contribution in [0.5, 0.6) is 0 Å². The zero-order valence-corrected chi connectivity index (χ0v) is 14.1. The molecule has 4 nitrogen and oxygen atoms in total. The van der Waals surface area contributed by atoms with Gasteiger partial charge in [-0.15, -0.1) is 0 Å². The molecule has 1 fully saturated rings. The number of allylic oxidation sites excluding steroid dienone is 4. The van der Waals surface area contributed by atoms with Gasteiger partial charge in [0.2, 0.25) is 0 Å². The van der Waals surface area contributed by atoms with Crippen LogP contribution in [0.3, 0.4) is 0 Å². The third-order valence-corrected chi connectivity index (χ3v) is 4.32. The summed E-state index contributed by atoms with van der Waals surface area (Å²) in [6, 6.07) is 0. The molecule has 0 aromatic rings. The smallest absolute Gasteiger partial charge is 0.253 e. The summed E-state index contributed by atoms with van der Waals surface area (Å²) in [6.45, 7) is 7.94. The molecule has 2 aliphatic heterocycles. The molecule has 0 aromatic heterocycles. The lowest BCUT2D eigenvalue weighted by atomic mass is 9.88. The molecule has 0 bridgehead atoms. The number of nitrogens with zero attached hydrogens (tertiary/aromatic N) is 2. The molecule has 1 spiro atoms. The van der Waals surface area contributed by atoms with Gasteiger partial charge in [0.15, 0.2) is 0 Å². The van der Waals surface area contributed by atoms with Crippen LogP contribution in [-0.4, -0.2) is 42.3 Å². The number of carbonyl (C=O) groups is 1. The molecule has 0 atom stereocenters. The Bertz CT molecular complexity index is 547. The number of hydrogen-bond acceptors (Lipinski definition) is 3. The number of rotatable bonds is 1. The average molecular weight is 301 g/mol. The lowest BCUT2D eigenvalue weighted by Crippen LogP contribution is -2.47. The Labute approximate surface area is 133 Å². The van der Waals surface area contributed by atoms with Gasteiger partial charge in [0.25, 0.3) is 5.91 Å². The first-order chi connectivity index (χ1) is 10.6. The van der Waals surface area contributed by atoms with Gasteiger partial charge < -0.3 is 10.2 Å². The van der Waals surface area contributed by atoms with E-state index >= 15 is 0 Å². The second-order valence-corrected chi connectivity index (χ2v) is 5.94. The van der Waals surface area contributed by atoms with Crippen molar-refractivity contribution >= 4 is 11.7 Å². The zero-order valence-electron chi connectivity index (χ0n) is 14.1. The van der Waals surface area contributed by atoms with E-state index in [2.05, 4.69) is 48.5 Å². The lowest BCUT2D eigenvalue weighted by molar-refractivity contribution is -0.125. The second-order valence-electron chi connectivity index (χ2n) is 5.94. The maximum Gasteiger partial charge on any atom is 0.253 e. The van der Waals surface area contributed by atoms with Crippen molar-refractivity contribution in [1.29, 1.82) is 0 Å². The predicted molar refractivity (Wildman–Crippen MR) is 92.0 cm³/mol. The van der Waals surface area contributed by atoms with Crippen molar-refractivity contribution < 1.29 is 4.79 Å². The number of nitrogens with one attached hydrogen (secondary N) is 1. The van der Waals surface area contributed by atoms with E-state index in [0.29, 0.717) is 0 Å². The summed E-state index contributed by atoms with van der Waals surface area (Å²) in [6.07, 6.45) is 11.0. The van der Waals surface area contributed by atoms with E-state index in [0.717, 1.165) is 43.8 Å². The van der Waals surface area contributed by atoms with Crippen LogP contribution in [0.4, 0.5) is 0 Å². The van der Waals surface area contributed by atoms with E-state index in [1.54, 1.807) is 0 Å². The largest absolute Gasteiger partial charge is 0.308 e. The standard InChI is InChI=1S/C16H21N3O.C2H6/c1-12-5-3-4-6-13(11-12)14-17-15(20)16(18-14)7-9-19(2)10-8-16;1-2/h4-6,11H,3,7-10H2,1-2H3,(H,17,18,20);1-2H3. The van der Waals surface area contributed by atoms with Gasteiger partial charge in [-0.1, -0.05) is 37.6 Å². The van der Waals surface area contributed by atoms with Crippen LogP contribution in [0.2, 0.25) is 0 Å². The quantitative estimate of drug-likeness (QED) is 0.809. The van der Waals surface area contributed by atoms with E-state index in [9.17, 15) is 4.79 Å². The molecular weight excluding hydrogens is 274 g/mol. The molecule has 3 aliphatic rings. The van der Waals surface area contributed by atoms with Crippen LogP contribution >= 0.6 is 0 Å². The topological polar surface area (TPSA) is 44.7 Å². The Balaban J connectivity index is 0.000000847. The molecular formula is C18H27N3O. The highest BCUT2D eigenvalue weighted by molar-refractivity contribution is 6.16. The van der Waals surface area contributed by atoms with Crippen molar-refractivity contribution in [2.24, 2.45) is 4.99 Å². The van der Waals surface area contributed by atoms with E-state index in [-0.39, 0.29) is 5.91 Å². The van der Waals surface area contributed by atoms with Crippen LogP contribution in [0.25, 0.3) is 0 Å². The first kappa shape index (κ1) is 16.7. The SMILES string of the molecule is CC.CC1=CCC=CC(C2=NC3(CCN(C)CC3)C(=O)N2)=C1. The average Bonchev–Trinajstić information content (AvgIpc) is 2.70. The molecule has 2 heterocycles. The van der Waals surface area contributed by atoms with E-state index in [1.165, 1.54) is 5.57 Å². The monoisotopic (exact) mass is 301 g/mol. The highest BCUT2D eigenvalue weighted by Crippen LogP contribution is 2.31. The maximum absolute atomic E-state index is 12.4. The molecule has 0 saturated carbocycles. The highest BCUT2D eigenvalue weighted by atomic mass is 16.2. The summed E-state index contributed by atoms with van der Waals surface area (Å²) in [5.41, 5.74) is 1.70. The Kier molecular flexibility index (Phi) is 5.35.